The quantitative estimate of drug-likeness (QED) is 0.647. The van der Waals surface area contributed by atoms with E-state index in [-0.39, 0.29) is 0 Å². The van der Waals surface area contributed by atoms with Crippen molar-refractivity contribution < 1.29 is 9.47 Å². The van der Waals surface area contributed by atoms with Gasteiger partial charge in [0.25, 0.3) is 0 Å². The van der Waals surface area contributed by atoms with E-state index in [4.69, 9.17) is 9.47 Å². The van der Waals surface area contributed by atoms with Crippen molar-refractivity contribution in [1.82, 2.24) is 4.90 Å². The molecule has 0 aliphatic carbocycles. The Balaban J connectivity index is 2.37. The number of benzene rings is 1. The third-order valence-corrected chi connectivity index (χ3v) is 2.53. The van der Waals surface area contributed by atoms with Crippen molar-refractivity contribution in [2.45, 2.75) is 12.8 Å². The monoisotopic (exact) mass is 237 g/mol. The van der Waals surface area contributed by atoms with Gasteiger partial charge >= 0.3 is 0 Å². The third-order valence-electron chi connectivity index (χ3n) is 2.53. The van der Waals surface area contributed by atoms with E-state index >= 15 is 0 Å². The molecule has 0 saturated carbocycles. The topological polar surface area (TPSA) is 21.7 Å². The van der Waals surface area contributed by atoms with Crippen LogP contribution >= 0.6 is 0 Å². The van der Waals surface area contributed by atoms with E-state index < -0.39 is 0 Å². The van der Waals surface area contributed by atoms with Gasteiger partial charge in [0.2, 0.25) is 0 Å². The summed E-state index contributed by atoms with van der Waals surface area (Å²) in [4.78, 5) is 2.21. The highest BCUT2D eigenvalue weighted by Crippen LogP contribution is 2.14. The number of hydrogen-bond acceptors (Lipinski definition) is 3. The molecule has 17 heavy (non-hydrogen) atoms. The van der Waals surface area contributed by atoms with Gasteiger partial charge in [-0.05, 0) is 51.2 Å². The van der Waals surface area contributed by atoms with E-state index in [9.17, 15) is 0 Å². The Hall–Kier alpha value is -1.06. The average Bonchev–Trinajstić information content (AvgIpc) is 2.29. The Kier molecular flexibility index (Phi) is 6.67. The van der Waals surface area contributed by atoms with E-state index in [2.05, 4.69) is 31.1 Å². The second-order valence-electron chi connectivity index (χ2n) is 4.40. The summed E-state index contributed by atoms with van der Waals surface area (Å²) in [5, 5.41) is 0. The summed E-state index contributed by atoms with van der Waals surface area (Å²) >= 11 is 0. The minimum Gasteiger partial charge on any atom is -0.491 e. The fourth-order valence-electron chi connectivity index (χ4n) is 1.63. The smallest absolute Gasteiger partial charge is 0.119 e. The van der Waals surface area contributed by atoms with Gasteiger partial charge in [0.15, 0.2) is 0 Å². The summed E-state index contributed by atoms with van der Waals surface area (Å²) < 4.78 is 10.5. The molecule has 0 radical (unpaired) electrons. The molecule has 0 spiro atoms. The van der Waals surface area contributed by atoms with Crippen molar-refractivity contribution in [1.29, 1.82) is 0 Å². The maximum absolute atomic E-state index is 5.58. The van der Waals surface area contributed by atoms with Crippen molar-refractivity contribution in [2.75, 3.05) is 41.0 Å². The number of methoxy groups -OCH3 is 1. The van der Waals surface area contributed by atoms with Crippen molar-refractivity contribution in [3.05, 3.63) is 29.8 Å². The lowest BCUT2D eigenvalue weighted by molar-refractivity contribution is 0.146. The molecule has 96 valence electrons. The van der Waals surface area contributed by atoms with Crippen LogP contribution in [0.5, 0.6) is 5.75 Å². The molecule has 0 amide bonds. The summed E-state index contributed by atoms with van der Waals surface area (Å²) in [7, 11) is 5.88. The maximum Gasteiger partial charge on any atom is 0.119 e. The molecule has 0 aliphatic rings. The van der Waals surface area contributed by atoms with Gasteiger partial charge in [-0.2, -0.15) is 0 Å². The zero-order valence-corrected chi connectivity index (χ0v) is 11.1. The van der Waals surface area contributed by atoms with Gasteiger partial charge in [0, 0.05) is 7.11 Å². The highest BCUT2D eigenvalue weighted by atomic mass is 16.5. The molecule has 1 rings (SSSR count). The van der Waals surface area contributed by atoms with Crippen LogP contribution in [0.15, 0.2) is 24.3 Å². The zero-order valence-electron chi connectivity index (χ0n) is 11.1. The predicted molar refractivity (Wildman–Crippen MR) is 70.7 cm³/mol. The molecule has 0 fully saturated rings. The molecule has 0 unspecified atom stereocenters. The van der Waals surface area contributed by atoms with Crippen LogP contribution in [0, 0.1) is 0 Å². The summed E-state index contributed by atoms with van der Waals surface area (Å²) in [6.07, 6.45) is 2.27. The second kappa shape index (κ2) is 8.09. The van der Waals surface area contributed by atoms with Gasteiger partial charge in [-0.1, -0.05) is 12.1 Å². The fraction of sp³-hybridized carbons (Fsp3) is 0.571. The number of rotatable bonds is 8. The van der Waals surface area contributed by atoms with Crippen molar-refractivity contribution in [2.24, 2.45) is 0 Å². The first-order valence-electron chi connectivity index (χ1n) is 6.08. The molecule has 1 aromatic carbocycles. The van der Waals surface area contributed by atoms with E-state index in [0.717, 1.165) is 18.7 Å². The first kappa shape index (κ1) is 14.0. The van der Waals surface area contributed by atoms with Crippen molar-refractivity contribution in [3.63, 3.8) is 0 Å². The first-order chi connectivity index (χ1) is 8.22. The third kappa shape index (κ3) is 6.29. The summed E-state index contributed by atoms with van der Waals surface area (Å²) in [6, 6.07) is 8.31. The highest BCUT2D eigenvalue weighted by Gasteiger charge is 1.98. The average molecular weight is 237 g/mol. The molecule has 0 heterocycles. The SMILES string of the molecule is COCCOc1cccc(CCCN(C)C)c1. The molecule has 3 nitrogen and oxygen atoms in total. The molecule has 0 aliphatic heterocycles. The Morgan fingerprint density at radius 2 is 2.00 bits per heavy atom. The Morgan fingerprint density at radius 3 is 2.71 bits per heavy atom. The first-order valence-corrected chi connectivity index (χ1v) is 6.08. The zero-order chi connectivity index (χ0) is 12.5. The van der Waals surface area contributed by atoms with Crippen LogP contribution in [0.25, 0.3) is 0 Å². The maximum atomic E-state index is 5.58. The lowest BCUT2D eigenvalue weighted by Crippen LogP contribution is -2.13. The van der Waals surface area contributed by atoms with Gasteiger partial charge in [0.1, 0.15) is 12.4 Å². The fourth-order valence-corrected chi connectivity index (χ4v) is 1.63. The molecular weight excluding hydrogens is 214 g/mol. The lowest BCUT2D eigenvalue weighted by Gasteiger charge is -2.10. The molecule has 0 N–H and O–H groups in total. The molecule has 0 atom stereocenters. The molecule has 3 heteroatoms. The van der Waals surface area contributed by atoms with Gasteiger partial charge in [0.05, 0.1) is 6.61 Å². The van der Waals surface area contributed by atoms with E-state index in [1.165, 1.54) is 12.0 Å². The minimum absolute atomic E-state index is 0.609. The Morgan fingerprint density at radius 1 is 1.18 bits per heavy atom. The van der Waals surface area contributed by atoms with Crippen LogP contribution in [0.1, 0.15) is 12.0 Å². The van der Waals surface area contributed by atoms with Crippen LogP contribution in [0.3, 0.4) is 0 Å². The van der Waals surface area contributed by atoms with Crippen LogP contribution < -0.4 is 4.74 Å². The predicted octanol–water partition coefficient (Wildman–Crippen LogP) is 2.21. The van der Waals surface area contributed by atoms with Crippen LogP contribution in [-0.4, -0.2) is 45.9 Å². The van der Waals surface area contributed by atoms with Crippen LogP contribution in [0.2, 0.25) is 0 Å². The summed E-state index contributed by atoms with van der Waals surface area (Å²) in [5.41, 5.74) is 1.33. The normalized spacial score (nSPS) is 10.8. The number of aryl methyl sites for hydroxylation is 1. The largest absolute Gasteiger partial charge is 0.491 e. The summed E-state index contributed by atoms with van der Waals surface area (Å²) in [6.45, 7) is 2.36. The van der Waals surface area contributed by atoms with Crippen LogP contribution in [-0.2, 0) is 11.2 Å². The molecule has 0 aromatic heterocycles. The number of ether oxygens (including phenoxy) is 2. The van der Waals surface area contributed by atoms with Gasteiger partial charge in [-0.15, -0.1) is 0 Å². The summed E-state index contributed by atoms with van der Waals surface area (Å²) in [5.74, 6) is 0.935. The van der Waals surface area contributed by atoms with Gasteiger partial charge in [-0.3, -0.25) is 0 Å². The molecule has 0 saturated heterocycles. The molecular formula is C14H23NO2. The Labute approximate surface area is 104 Å². The van der Waals surface area contributed by atoms with E-state index in [1.807, 2.05) is 12.1 Å². The molecule has 0 bridgehead atoms. The van der Waals surface area contributed by atoms with Gasteiger partial charge < -0.3 is 14.4 Å². The van der Waals surface area contributed by atoms with Gasteiger partial charge in [-0.25, -0.2) is 0 Å². The highest BCUT2D eigenvalue weighted by molar-refractivity contribution is 5.28. The molecule has 1 aromatic rings. The second-order valence-corrected chi connectivity index (χ2v) is 4.40. The lowest BCUT2D eigenvalue weighted by atomic mass is 10.1. The standard InChI is InChI=1S/C14H23NO2/c1-15(2)9-5-7-13-6-4-8-14(12-13)17-11-10-16-3/h4,6,8,12H,5,7,9-11H2,1-3H3. The van der Waals surface area contributed by atoms with Crippen molar-refractivity contribution >= 4 is 0 Å². The number of nitrogens with zero attached hydrogens (tertiary/aromatic N) is 1. The van der Waals surface area contributed by atoms with E-state index in [1.54, 1.807) is 7.11 Å². The van der Waals surface area contributed by atoms with E-state index in [0.29, 0.717) is 13.2 Å². The Bertz CT molecular complexity index is 313. The van der Waals surface area contributed by atoms with Crippen LogP contribution in [0.4, 0.5) is 0 Å². The number of hydrogen-bond donors (Lipinski definition) is 0. The van der Waals surface area contributed by atoms with Crippen molar-refractivity contribution in [3.8, 4) is 5.75 Å². The minimum atomic E-state index is 0.609.